The zero-order valence-electron chi connectivity index (χ0n) is 19.1. The lowest BCUT2D eigenvalue weighted by Gasteiger charge is -2.20. The Bertz CT molecular complexity index is 1190. The molecular weight excluding hydrogens is 442 g/mol. The summed E-state index contributed by atoms with van der Waals surface area (Å²) in [6, 6.07) is 13.8. The second-order valence-electron chi connectivity index (χ2n) is 8.46. The van der Waals surface area contributed by atoms with E-state index in [1.54, 1.807) is 63.4 Å². The van der Waals surface area contributed by atoms with Gasteiger partial charge in [0.05, 0.1) is 11.5 Å². The first-order valence-electron chi connectivity index (χ1n) is 10.4. The Hall–Kier alpha value is -3.21. The quantitative estimate of drug-likeness (QED) is 0.372. The summed E-state index contributed by atoms with van der Waals surface area (Å²) < 4.78 is 33.3. The van der Waals surface area contributed by atoms with E-state index in [0.717, 1.165) is 11.3 Å². The Labute approximate surface area is 194 Å². The minimum absolute atomic E-state index is 0.0467. The first-order chi connectivity index (χ1) is 15.6. The molecule has 0 radical (unpaired) electrons. The van der Waals surface area contributed by atoms with Crippen LogP contribution in [-0.2, 0) is 10.0 Å². The molecule has 0 spiro atoms. The molecule has 2 aromatic carbocycles. The summed E-state index contributed by atoms with van der Waals surface area (Å²) in [7, 11) is -3.66. The van der Waals surface area contributed by atoms with Gasteiger partial charge < -0.3 is 20.5 Å². The number of aromatic nitrogens is 2. The van der Waals surface area contributed by atoms with Crippen LogP contribution in [0, 0.1) is 6.92 Å². The molecule has 3 aromatic rings. The van der Waals surface area contributed by atoms with Crippen LogP contribution in [0.3, 0.4) is 0 Å². The van der Waals surface area contributed by atoms with Gasteiger partial charge in [0.15, 0.2) is 0 Å². The molecule has 9 nitrogen and oxygen atoms in total. The number of aliphatic hydroxyl groups excluding tert-OH is 1. The Kier molecular flexibility index (Phi) is 7.52. The Morgan fingerprint density at radius 3 is 2.42 bits per heavy atom. The van der Waals surface area contributed by atoms with Crippen molar-refractivity contribution >= 4 is 33.2 Å². The number of nitrogens with zero attached hydrogens (tertiary/aromatic N) is 2. The molecule has 1 aromatic heterocycles. The number of nitrogens with one attached hydrogen (secondary N) is 3. The van der Waals surface area contributed by atoms with Crippen molar-refractivity contribution < 1.29 is 18.3 Å². The number of rotatable bonds is 9. The monoisotopic (exact) mass is 471 g/mol. The molecule has 0 aliphatic rings. The summed E-state index contributed by atoms with van der Waals surface area (Å²) >= 11 is 0. The van der Waals surface area contributed by atoms with Gasteiger partial charge in [-0.25, -0.2) is 18.1 Å². The molecule has 0 amide bonds. The molecule has 0 saturated heterocycles. The van der Waals surface area contributed by atoms with Crippen LogP contribution in [0.1, 0.15) is 26.3 Å². The number of anilines is 4. The van der Waals surface area contributed by atoms with Crippen molar-refractivity contribution in [1.29, 1.82) is 0 Å². The van der Waals surface area contributed by atoms with E-state index in [1.807, 2.05) is 19.1 Å². The van der Waals surface area contributed by atoms with Crippen molar-refractivity contribution in [1.82, 2.24) is 14.7 Å². The predicted octanol–water partition coefficient (Wildman–Crippen LogP) is 3.72. The van der Waals surface area contributed by atoms with Crippen molar-refractivity contribution in [3.63, 3.8) is 0 Å². The summed E-state index contributed by atoms with van der Waals surface area (Å²) in [5.41, 5.74) is 1.57. The molecule has 0 aliphatic carbocycles. The summed E-state index contributed by atoms with van der Waals surface area (Å²) in [5.74, 6) is 1.58. The highest BCUT2D eigenvalue weighted by Gasteiger charge is 2.22. The lowest BCUT2D eigenvalue weighted by molar-refractivity contribution is 0.201. The number of hydrogen-bond donors (Lipinski definition) is 4. The normalized spacial score (nSPS) is 11.8. The van der Waals surface area contributed by atoms with E-state index in [2.05, 4.69) is 25.3 Å². The Morgan fingerprint density at radius 1 is 1.03 bits per heavy atom. The van der Waals surface area contributed by atoms with Gasteiger partial charge in [0.1, 0.15) is 18.2 Å². The summed E-state index contributed by atoms with van der Waals surface area (Å²) in [5, 5.41) is 15.1. The SMILES string of the molecule is Cc1cnc(Nc2ccc(OCCO)cc2)nc1Nc1cccc(S(=O)(=O)NC(C)(C)C)c1. The summed E-state index contributed by atoms with van der Waals surface area (Å²) in [6.07, 6.45) is 1.68. The molecular formula is C23H29N5O4S. The molecule has 1 heterocycles. The number of sulfonamides is 1. The number of ether oxygens (including phenoxy) is 1. The van der Waals surface area contributed by atoms with Crippen molar-refractivity contribution in [2.45, 2.75) is 38.1 Å². The van der Waals surface area contributed by atoms with Crippen LogP contribution < -0.4 is 20.1 Å². The minimum Gasteiger partial charge on any atom is -0.491 e. The highest BCUT2D eigenvalue weighted by atomic mass is 32.2. The molecule has 0 fully saturated rings. The molecule has 0 unspecified atom stereocenters. The van der Waals surface area contributed by atoms with Gasteiger partial charge in [-0.1, -0.05) is 6.07 Å². The molecule has 10 heteroatoms. The van der Waals surface area contributed by atoms with Crippen LogP contribution in [0.15, 0.2) is 59.6 Å². The highest BCUT2D eigenvalue weighted by molar-refractivity contribution is 7.89. The molecule has 0 saturated carbocycles. The van der Waals surface area contributed by atoms with Gasteiger partial charge in [-0.3, -0.25) is 0 Å². The van der Waals surface area contributed by atoms with E-state index < -0.39 is 15.6 Å². The van der Waals surface area contributed by atoms with Gasteiger partial charge >= 0.3 is 0 Å². The summed E-state index contributed by atoms with van der Waals surface area (Å²) in [4.78, 5) is 9.00. The fraction of sp³-hybridized carbons (Fsp3) is 0.304. The summed E-state index contributed by atoms with van der Waals surface area (Å²) in [6.45, 7) is 7.43. The van der Waals surface area contributed by atoms with Gasteiger partial charge in [-0.2, -0.15) is 4.98 Å². The number of benzene rings is 2. The fourth-order valence-corrected chi connectivity index (χ4v) is 4.36. The van der Waals surface area contributed by atoms with E-state index in [9.17, 15) is 8.42 Å². The van der Waals surface area contributed by atoms with E-state index in [0.29, 0.717) is 23.2 Å². The standard InChI is InChI=1S/C23H29N5O4S/c1-16-15-24-22(26-17-8-10-19(11-9-17)32-13-12-29)27-21(16)25-18-6-5-7-20(14-18)33(30,31)28-23(2,3)4/h5-11,14-15,28-29H,12-13H2,1-4H3,(H2,24,25,26,27). The van der Waals surface area contributed by atoms with Crippen LogP contribution in [0.5, 0.6) is 5.75 Å². The average Bonchev–Trinajstić information content (AvgIpc) is 2.74. The third-order valence-electron chi connectivity index (χ3n) is 4.29. The molecule has 3 rings (SSSR count). The molecule has 0 aliphatic heterocycles. The number of aliphatic hydroxyl groups is 1. The average molecular weight is 472 g/mol. The third kappa shape index (κ3) is 7.14. The van der Waals surface area contributed by atoms with Crippen LogP contribution in [0.4, 0.5) is 23.1 Å². The van der Waals surface area contributed by atoms with Crippen molar-refractivity contribution in [2.75, 3.05) is 23.8 Å². The van der Waals surface area contributed by atoms with Crippen molar-refractivity contribution in [3.8, 4) is 5.75 Å². The van der Waals surface area contributed by atoms with Gasteiger partial charge in [0, 0.05) is 28.7 Å². The van der Waals surface area contributed by atoms with Crippen molar-refractivity contribution in [3.05, 3.63) is 60.3 Å². The van der Waals surface area contributed by atoms with Crippen LogP contribution in [-0.4, -0.2) is 42.2 Å². The van der Waals surface area contributed by atoms with Gasteiger partial charge in [-0.15, -0.1) is 0 Å². The smallest absolute Gasteiger partial charge is 0.241 e. The number of hydrogen-bond acceptors (Lipinski definition) is 8. The second kappa shape index (κ2) is 10.2. The van der Waals surface area contributed by atoms with E-state index >= 15 is 0 Å². The van der Waals surface area contributed by atoms with Crippen LogP contribution >= 0.6 is 0 Å². The Morgan fingerprint density at radius 2 is 1.76 bits per heavy atom. The third-order valence-corrected chi connectivity index (χ3v) is 6.05. The molecule has 0 bridgehead atoms. The van der Waals surface area contributed by atoms with Crippen molar-refractivity contribution in [2.24, 2.45) is 0 Å². The number of aryl methyl sites for hydroxylation is 1. The highest BCUT2D eigenvalue weighted by Crippen LogP contribution is 2.24. The topological polar surface area (TPSA) is 125 Å². The molecule has 33 heavy (non-hydrogen) atoms. The molecule has 4 N–H and O–H groups in total. The maximum Gasteiger partial charge on any atom is 0.241 e. The maximum atomic E-state index is 12.7. The zero-order chi connectivity index (χ0) is 24.1. The van der Waals surface area contributed by atoms with Crippen LogP contribution in [0.25, 0.3) is 0 Å². The second-order valence-corrected chi connectivity index (χ2v) is 10.1. The fourth-order valence-electron chi connectivity index (χ4n) is 2.90. The first kappa shape index (κ1) is 24.4. The van der Waals surface area contributed by atoms with Gasteiger partial charge in [0.25, 0.3) is 0 Å². The Balaban J connectivity index is 1.77. The minimum atomic E-state index is -3.66. The van der Waals surface area contributed by atoms with E-state index in [4.69, 9.17) is 9.84 Å². The molecule has 176 valence electrons. The first-order valence-corrected chi connectivity index (χ1v) is 11.9. The maximum absolute atomic E-state index is 12.7. The van der Waals surface area contributed by atoms with E-state index in [1.165, 1.54) is 0 Å². The zero-order valence-corrected chi connectivity index (χ0v) is 19.9. The van der Waals surface area contributed by atoms with Crippen LogP contribution in [0.2, 0.25) is 0 Å². The predicted molar refractivity (Wildman–Crippen MR) is 129 cm³/mol. The lowest BCUT2D eigenvalue weighted by Crippen LogP contribution is -2.40. The van der Waals surface area contributed by atoms with Gasteiger partial charge in [0.2, 0.25) is 16.0 Å². The van der Waals surface area contributed by atoms with Gasteiger partial charge in [-0.05, 0) is 70.2 Å². The van der Waals surface area contributed by atoms with E-state index in [-0.39, 0.29) is 18.1 Å². The largest absolute Gasteiger partial charge is 0.491 e. The molecule has 0 atom stereocenters. The lowest BCUT2D eigenvalue weighted by atomic mass is 10.1.